The smallest absolute Gasteiger partial charge is 0.247 e. The van der Waals surface area contributed by atoms with E-state index in [1.54, 1.807) is 36.3 Å². The number of nitrogens with zero attached hydrogens (tertiary/aromatic N) is 2. The Bertz CT molecular complexity index is 1580. The summed E-state index contributed by atoms with van der Waals surface area (Å²) in [7, 11) is -1.90. The van der Waals surface area contributed by atoms with Gasteiger partial charge in [-0.1, -0.05) is 66.2 Å². The Morgan fingerprint density at radius 3 is 2.22 bits per heavy atom. The maximum Gasteiger partial charge on any atom is 0.247 e. The Balaban J connectivity index is 1.35. The molecule has 9 heteroatoms. The van der Waals surface area contributed by atoms with E-state index >= 15 is 0 Å². The normalized spacial score (nSPS) is 16.0. The van der Waals surface area contributed by atoms with Crippen LogP contribution in [0.15, 0.2) is 95.4 Å². The van der Waals surface area contributed by atoms with Gasteiger partial charge in [0.05, 0.1) is 12.0 Å². The third kappa shape index (κ3) is 8.65. The minimum atomic E-state index is -3.51. The minimum absolute atomic E-state index is 0.163. The lowest BCUT2D eigenvalue weighted by Gasteiger charge is -2.32. The van der Waals surface area contributed by atoms with E-state index in [1.807, 2.05) is 54.6 Å². The van der Waals surface area contributed by atoms with Crippen LogP contribution in [-0.2, 0) is 32.6 Å². The maximum atomic E-state index is 14.1. The Kier molecular flexibility index (Phi) is 11.7. The monoisotopic (exact) mass is 643 g/mol. The molecule has 1 aliphatic carbocycles. The number of rotatable bonds is 14. The molecule has 2 aliphatic rings. The van der Waals surface area contributed by atoms with Crippen molar-refractivity contribution in [2.24, 2.45) is 0 Å². The van der Waals surface area contributed by atoms with Crippen molar-refractivity contribution < 1.29 is 22.7 Å². The van der Waals surface area contributed by atoms with Crippen molar-refractivity contribution in [1.82, 2.24) is 14.5 Å². The van der Waals surface area contributed by atoms with E-state index < -0.39 is 16.1 Å². The second kappa shape index (κ2) is 16.1. The van der Waals surface area contributed by atoms with E-state index in [1.165, 1.54) is 22.7 Å². The van der Waals surface area contributed by atoms with Crippen LogP contribution in [0.1, 0.15) is 74.1 Å². The molecule has 0 radical (unpaired) electrons. The van der Waals surface area contributed by atoms with E-state index in [0.717, 1.165) is 48.8 Å². The maximum absolute atomic E-state index is 14.1. The van der Waals surface area contributed by atoms with Crippen LogP contribution in [0.3, 0.4) is 0 Å². The number of hydrogen-bond donors (Lipinski definition) is 1. The zero-order chi connectivity index (χ0) is 32.4. The van der Waals surface area contributed by atoms with Crippen molar-refractivity contribution >= 4 is 21.8 Å². The Labute approximate surface area is 273 Å². The first-order valence-corrected chi connectivity index (χ1v) is 17.8. The summed E-state index contributed by atoms with van der Waals surface area (Å²) in [5.41, 5.74) is 3.87. The van der Waals surface area contributed by atoms with Gasteiger partial charge in [0.1, 0.15) is 11.8 Å². The number of allylic oxidation sites excluding steroid dienone is 1. The molecule has 1 saturated heterocycles. The van der Waals surface area contributed by atoms with Gasteiger partial charge in [-0.3, -0.25) is 9.59 Å². The largest absolute Gasteiger partial charge is 0.497 e. The highest BCUT2D eigenvalue weighted by molar-refractivity contribution is 7.89. The summed E-state index contributed by atoms with van der Waals surface area (Å²) >= 11 is 0. The summed E-state index contributed by atoms with van der Waals surface area (Å²) in [6.45, 7) is 1.87. The molecule has 0 spiro atoms. The van der Waals surface area contributed by atoms with E-state index in [4.69, 9.17) is 4.74 Å². The third-order valence-corrected chi connectivity index (χ3v) is 10.8. The first-order chi connectivity index (χ1) is 22.3. The van der Waals surface area contributed by atoms with Crippen molar-refractivity contribution in [2.45, 2.75) is 75.3 Å². The number of hydrogen-bond acceptors (Lipinski definition) is 5. The molecule has 5 rings (SSSR count). The zero-order valence-corrected chi connectivity index (χ0v) is 27.5. The number of nitrogens with one attached hydrogen (secondary N) is 1. The summed E-state index contributed by atoms with van der Waals surface area (Å²) in [5, 5.41) is 3.13. The molecule has 244 valence electrons. The summed E-state index contributed by atoms with van der Waals surface area (Å²) in [5.74, 6) is 0.343. The highest BCUT2D eigenvalue weighted by Crippen LogP contribution is 2.27. The summed E-state index contributed by atoms with van der Waals surface area (Å²) < 4.78 is 32.8. The van der Waals surface area contributed by atoms with Crippen molar-refractivity contribution in [3.8, 4) is 5.75 Å². The SMILES string of the molecule is COc1ccc(CN(C(=O)CCc2ccc(S(=O)(=O)N3CCCC3)cc2)C(C(=O)NCCC2=CCCCC2)c2ccccc2)cc1. The molecular weight excluding hydrogens is 598 g/mol. The third-order valence-electron chi connectivity index (χ3n) is 8.89. The van der Waals surface area contributed by atoms with Gasteiger partial charge in [0, 0.05) is 32.6 Å². The van der Waals surface area contributed by atoms with Crippen molar-refractivity contribution in [2.75, 3.05) is 26.7 Å². The molecule has 8 nitrogen and oxygen atoms in total. The highest BCUT2D eigenvalue weighted by Gasteiger charge is 2.32. The number of amides is 2. The van der Waals surface area contributed by atoms with Crippen molar-refractivity contribution in [3.63, 3.8) is 0 Å². The predicted octanol–water partition coefficient (Wildman–Crippen LogP) is 6.19. The molecule has 3 aromatic carbocycles. The van der Waals surface area contributed by atoms with Gasteiger partial charge in [0.2, 0.25) is 21.8 Å². The van der Waals surface area contributed by atoms with Crippen molar-refractivity contribution in [1.29, 1.82) is 0 Å². The Hall–Kier alpha value is -3.95. The van der Waals surface area contributed by atoms with Crippen LogP contribution in [0.25, 0.3) is 0 Å². The molecule has 1 heterocycles. The van der Waals surface area contributed by atoms with Crippen LogP contribution in [-0.4, -0.2) is 56.2 Å². The molecule has 3 aromatic rings. The van der Waals surface area contributed by atoms with E-state index in [9.17, 15) is 18.0 Å². The van der Waals surface area contributed by atoms with Gasteiger partial charge in [-0.25, -0.2) is 8.42 Å². The highest BCUT2D eigenvalue weighted by atomic mass is 32.2. The lowest BCUT2D eigenvalue weighted by molar-refractivity contribution is -0.141. The average molecular weight is 644 g/mol. The molecule has 2 amide bonds. The van der Waals surface area contributed by atoms with Crippen LogP contribution in [0.4, 0.5) is 0 Å². The predicted molar refractivity (Wildman–Crippen MR) is 180 cm³/mol. The van der Waals surface area contributed by atoms with Gasteiger partial charge in [0.15, 0.2) is 0 Å². The molecule has 1 unspecified atom stereocenters. The van der Waals surface area contributed by atoms with Crippen LogP contribution >= 0.6 is 0 Å². The molecule has 1 N–H and O–H groups in total. The molecule has 0 saturated carbocycles. The number of aryl methyl sites for hydroxylation is 1. The molecule has 1 aliphatic heterocycles. The number of ether oxygens (including phenoxy) is 1. The van der Waals surface area contributed by atoms with E-state index in [-0.39, 0.29) is 29.7 Å². The summed E-state index contributed by atoms with van der Waals surface area (Å²) in [6, 6.07) is 23.0. The average Bonchev–Trinajstić information content (AvgIpc) is 3.65. The molecule has 0 bridgehead atoms. The van der Waals surface area contributed by atoms with Gasteiger partial charge in [-0.15, -0.1) is 0 Å². The van der Waals surface area contributed by atoms with Crippen LogP contribution in [0, 0.1) is 0 Å². The van der Waals surface area contributed by atoms with Crippen molar-refractivity contribution in [3.05, 3.63) is 107 Å². The first kappa shape index (κ1) is 33.4. The van der Waals surface area contributed by atoms with Gasteiger partial charge < -0.3 is 15.0 Å². The first-order valence-electron chi connectivity index (χ1n) is 16.4. The Morgan fingerprint density at radius 2 is 1.57 bits per heavy atom. The number of carbonyl (C=O) groups excluding carboxylic acids is 2. The fourth-order valence-corrected chi connectivity index (χ4v) is 7.75. The summed E-state index contributed by atoms with van der Waals surface area (Å²) in [6.07, 6.45) is 10.0. The standard InChI is InChI=1S/C37H45N3O5S/c1-45-33-19-14-31(15-20-33)28-40(35(41)23-18-30-16-21-34(22-17-30)46(43,44)39-26-8-9-27-39)36(32-12-6-3-7-13-32)37(42)38-25-24-29-10-4-2-5-11-29/h3,6-7,10,12-17,19-22,36H,2,4-5,8-9,11,18,23-28H2,1H3,(H,38,42). The second-order valence-electron chi connectivity index (χ2n) is 12.1. The lowest BCUT2D eigenvalue weighted by atomic mass is 9.97. The van der Waals surface area contributed by atoms with Crippen LogP contribution in [0.5, 0.6) is 5.75 Å². The fraction of sp³-hybridized carbons (Fsp3) is 0.405. The number of benzene rings is 3. The van der Waals surface area contributed by atoms with Crippen LogP contribution in [0.2, 0.25) is 0 Å². The molecule has 1 fully saturated rings. The summed E-state index contributed by atoms with van der Waals surface area (Å²) in [4.78, 5) is 30.0. The van der Waals surface area contributed by atoms with E-state index in [0.29, 0.717) is 31.8 Å². The van der Waals surface area contributed by atoms with E-state index in [2.05, 4.69) is 11.4 Å². The number of methoxy groups -OCH3 is 1. The minimum Gasteiger partial charge on any atom is -0.497 e. The van der Waals surface area contributed by atoms with Gasteiger partial charge >= 0.3 is 0 Å². The lowest BCUT2D eigenvalue weighted by Crippen LogP contribution is -2.43. The van der Waals surface area contributed by atoms with Crippen LogP contribution < -0.4 is 10.1 Å². The molecule has 1 atom stereocenters. The Morgan fingerprint density at radius 1 is 0.870 bits per heavy atom. The second-order valence-corrected chi connectivity index (χ2v) is 14.0. The topological polar surface area (TPSA) is 96.0 Å². The fourth-order valence-electron chi connectivity index (χ4n) is 6.23. The molecular formula is C37H45N3O5S. The molecule has 0 aromatic heterocycles. The quantitative estimate of drug-likeness (QED) is 0.212. The van der Waals surface area contributed by atoms with Gasteiger partial charge in [0.25, 0.3) is 0 Å². The zero-order valence-electron chi connectivity index (χ0n) is 26.7. The van der Waals surface area contributed by atoms with Gasteiger partial charge in [-0.05, 0) is 92.3 Å². The number of carbonyl (C=O) groups is 2. The number of sulfonamides is 1. The van der Waals surface area contributed by atoms with Gasteiger partial charge in [-0.2, -0.15) is 4.31 Å². The molecule has 46 heavy (non-hydrogen) atoms.